The molecule has 0 N–H and O–H groups in total. The smallest absolute Gasteiger partial charge is 0.306 e. The molecular weight excluding hydrogens is 805 g/mol. The Morgan fingerprint density at radius 3 is 0.969 bits per heavy atom. The van der Waals surface area contributed by atoms with E-state index in [2.05, 4.69) is 81.5 Å². The summed E-state index contributed by atoms with van der Waals surface area (Å²) in [6, 6.07) is 0. The van der Waals surface area contributed by atoms with Gasteiger partial charge in [-0.05, 0) is 83.5 Å². The van der Waals surface area contributed by atoms with Crippen LogP contribution in [-0.4, -0.2) is 37.2 Å². The molecule has 65 heavy (non-hydrogen) atoms. The summed E-state index contributed by atoms with van der Waals surface area (Å²) in [5, 5.41) is 0. The van der Waals surface area contributed by atoms with Crippen molar-refractivity contribution in [3.63, 3.8) is 0 Å². The van der Waals surface area contributed by atoms with Crippen molar-refractivity contribution in [2.45, 2.75) is 284 Å². The minimum atomic E-state index is -0.789. The maximum atomic E-state index is 12.8. The molecule has 0 amide bonds. The Bertz CT molecular complexity index is 1180. The molecule has 0 unspecified atom stereocenters. The molecule has 0 saturated heterocycles. The number of hydrogen-bond donors (Lipinski definition) is 0. The lowest BCUT2D eigenvalue weighted by atomic mass is 10.0. The first-order valence-corrected chi connectivity index (χ1v) is 27.8. The number of unbranched alkanes of at least 4 members (excludes halogenated alkanes) is 29. The Morgan fingerprint density at radius 1 is 0.308 bits per heavy atom. The van der Waals surface area contributed by atoms with E-state index in [1.54, 1.807) is 0 Å². The second-order valence-electron chi connectivity index (χ2n) is 18.5. The zero-order valence-corrected chi connectivity index (χ0v) is 43.0. The number of allylic oxidation sites excluding steroid dienone is 10. The molecule has 0 bridgehead atoms. The number of rotatable bonds is 50. The third-order valence-corrected chi connectivity index (χ3v) is 12.0. The van der Waals surface area contributed by atoms with E-state index in [9.17, 15) is 14.4 Å². The fourth-order valence-electron chi connectivity index (χ4n) is 7.76. The van der Waals surface area contributed by atoms with Crippen molar-refractivity contribution in [1.29, 1.82) is 0 Å². The third kappa shape index (κ3) is 51.9. The number of hydrogen-bond acceptors (Lipinski definition) is 6. The highest BCUT2D eigenvalue weighted by Crippen LogP contribution is 2.16. The van der Waals surface area contributed by atoms with Gasteiger partial charge in [-0.25, -0.2) is 0 Å². The van der Waals surface area contributed by atoms with Crippen molar-refractivity contribution in [1.82, 2.24) is 0 Å². The Kier molecular flexibility index (Phi) is 51.3. The molecule has 6 heteroatoms. The summed E-state index contributed by atoms with van der Waals surface area (Å²) in [7, 11) is 0. The van der Waals surface area contributed by atoms with Gasteiger partial charge in [-0.1, -0.05) is 236 Å². The zero-order chi connectivity index (χ0) is 47.2. The summed E-state index contributed by atoms with van der Waals surface area (Å²) in [6.45, 7) is 6.56. The maximum absolute atomic E-state index is 12.8. The van der Waals surface area contributed by atoms with Gasteiger partial charge in [-0.3, -0.25) is 14.4 Å². The molecule has 0 radical (unpaired) electrons. The van der Waals surface area contributed by atoms with Crippen molar-refractivity contribution < 1.29 is 28.6 Å². The van der Waals surface area contributed by atoms with Crippen molar-refractivity contribution in [2.75, 3.05) is 13.2 Å². The molecule has 1 atom stereocenters. The fraction of sp³-hybridized carbons (Fsp3) is 0.780. The maximum Gasteiger partial charge on any atom is 0.306 e. The van der Waals surface area contributed by atoms with Gasteiger partial charge in [0, 0.05) is 19.3 Å². The normalized spacial score (nSPS) is 12.5. The van der Waals surface area contributed by atoms with Crippen molar-refractivity contribution in [3.05, 3.63) is 60.8 Å². The van der Waals surface area contributed by atoms with E-state index >= 15 is 0 Å². The van der Waals surface area contributed by atoms with Crippen LogP contribution in [-0.2, 0) is 28.6 Å². The molecule has 376 valence electrons. The first-order chi connectivity index (χ1) is 32.0. The lowest BCUT2D eigenvalue weighted by Gasteiger charge is -2.18. The standard InChI is InChI=1S/C59H104O6/c1-4-7-10-13-16-19-22-24-26-28-29-31-33-35-38-40-43-46-49-52-58(61)64-55-56(65-59(62)53-50-47-44-41-36-21-18-15-12-9-6-3)54-63-57(60)51-48-45-42-39-37-34-32-30-27-25-23-20-17-14-11-8-5-2/h15-16,18-19,24,26,29,31,35,38,56H,4-14,17,20-23,25,27-28,30,32-34,36-37,39-55H2,1-3H3/b18-15-,19-16-,26-24-,31-29-,38-35-/t56-/m0/s1. The van der Waals surface area contributed by atoms with Crippen LogP contribution in [0.2, 0.25) is 0 Å². The molecule has 0 aromatic rings. The summed E-state index contributed by atoms with van der Waals surface area (Å²) in [5.74, 6) is -0.919. The zero-order valence-electron chi connectivity index (χ0n) is 43.0. The Hall–Kier alpha value is -2.89. The third-order valence-electron chi connectivity index (χ3n) is 12.0. The van der Waals surface area contributed by atoms with Gasteiger partial charge in [-0.15, -0.1) is 0 Å². The van der Waals surface area contributed by atoms with Crippen LogP contribution >= 0.6 is 0 Å². The van der Waals surface area contributed by atoms with Crippen LogP contribution in [0.1, 0.15) is 278 Å². The molecule has 0 aliphatic rings. The van der Waals surface area contributed by atoms with Crippen LogP contribution in [0, 0.1) is 0 Å². The van der Waals surface area contributed by atoms with E-state index in [0.717, 1.165) is 96.3 Å². The quantitative estimate of drug-likeness (QED) is 0.0262. The number of carbonyl (C=O) groups excluding carboxylic acids is 3. The predicted octanol–water partition coefficient (Wildman–Crippen LogP) is 18.4. The molecular formula is C59H104O6. The highest BCUT2D eigenvalue weighted by atomic mass is 16.6. The highest BCUT2D eigenvalue weighted by molar-refractivity contribution is 5.71. The molecule has 0 spiro atoms. The molecule has 0 rings (SSSR count). The van der Waals surface area contributed by atoms with Crippen LogP contribution in [0.3, 0.4) is 0 Å². The molecule has 0 aliphatic carbocycles. The van der Waals surface area contributed by atoms with E-state index in [-0.39, 0.29) is 31.1 Å². The number of ether oxygens (including phenoxy) is 3. The summed E-state index contributed by atoms with van der Waals surface area (Å²) >= 11 is 0. The largest absolute Gasteiger partial charge is 0.462 e. The minimum absolute atomic E-state index is 0.0857. The summed E-state index contributed by atoms with van der Waals surface area (Å²) in [4.78, 5) is 38.0. The van der Waals surface area contributed by atoms with Gasteiger partial charge in [0.15, 0.2) is 6.10 Å². The number of esters is 3. The second kappa shape index (κ2) is 53.7. The second-order valence-corrected chi connectivity index (χ2v) is 18.5. The molecule has 0 fully saturated rings. The van der Waals surface area contributed by atoms with Gasteiger partial charge in [0.05, 0.1) is 0 Å². The molecule has 0 saturated carbocycles. The van der Waals surface area contributed by atoms with Gasteiger partial charge in [0.25, 0.3) is 0 Å². The summed E-state index contributed by atoms with van der Waals surface area (Å²) < 4.78 is 16.8. The molecule has 0 aromatic heterocycles. The van der Waals surface area contributed by atoms with Crippen LogP contribution in [0.4, 0.5) is 0 Å². The van der Waals surface area contributed by atoms with Crippen LogP contribution in [0.25, 0.3) is 0 Å². The molecule has 0 heterocycles. The lowest BCUT2D eigenvalue weighted by Crippen LogP contribution is -2.30. The predicted molar refractivity (Wildman–Crippen MR) is 279 cm³/mol. The van der Waals surface area contributed by atoms with Gasteiger partial charge in [0.2, 0.25) is 0 Å². The van der Waals surface area contributed by atoms with Crippen LogP contribution < -0.4 is 0 Å². The molecule has 6 nitrogen and oxygen atoms in total. The monoisotopic (exact) mass is 909 g/mol. The Balaban J connectivity index is 4.37. The summed E-state index contributed by atoms with van der Waals surface area (Å²) in [5.41, 5.74) is 0. The topological polar surface area (TPSA) is 78.9 Å². The summed E-state index contributed by atoms with van der Waals surface area (Å²) in [6.07, 6.45) is 66.4. The first-order valence-electron chi connectivity index (χ1n) is 27.8. The van der Waals surface area contributed by atoms with E-state index in [4.69, 9.17) is 14.2 Å². The minimum Gasteiger partial charge on any atom is -0.462 e. The number of carbonyl (C=O) groups is 3. The Labute approximate surface area is 402 Å². The van der Waals surface area contributed by atoms with E-state index in [1.807, 2.05) is 0 Å². The van der Waals surface area contributed by atoms with Crippen molar-refractivity contribution in [3.8, 4) is 0 Å². The van der Waals surface area contributed by atoms with Crippen LogP contribution in [0.15, 0.2) is 60.8 Å². The van der Waals surface area contributed by atoms with E-state index in [0.29, 0.717) is 19.3 Å². The van der Waals surface area contributed by atoms with Crippen molar-refractivity contribution >= 4 is 17.9 Å². The van der Waals surface area contributed by atoms with Gasteiger partial charge in [-0.2, -0.15) is 0 Å². The van der Waals surface area contributed by atoms with E-state index < -0.39 is 6.10 Å². The average Bonchev–Trinajstić information content (AvgIpc) is 3.30. The average molecular weight is 909 g/mol. The van der Waals surface area contributed by atoms with Crippen LogP contribution in [0.5, 0.6) is 0 Å². The van der Waals surface area contributed by atoms with Gasteiger partial charge in [0.1, 0.15) is 13.2 Å². The lowest BCUT2D eigenvalue weighted by molar-refractivity contribution is -0.167. The van der Waals surface area contributed by atoms with Gasteiger partial charge >= 0.3 is 17.9 Å². The Morgan fingerprint density at radius 2 is 0.569 bits per heavy atom. The SMILES string of the molecule is CCCC/C=C\CCCCCCCC(=O)O[C@H](COC(=O)CCCCC/C=C\C/C=C\C/C=C\C/C=C\CCCCC)COC(=O)CCCCCCCCCCCCCCCCCCC. The van der Waals surface area contributed by atoms with E-state index in [1.165, 1.54) is 141 Å². The molecule has 0 aliphatic heterocycles. The van der Waals surface area contributed by atoms with Crippen molar-refractivity contribution in [2.24, 2.45) is 0 Å². The van der Waals surface area contributed by atoms with Gasteiger partial charge < -0.3 is 14.2 Å². The highest BCUT2D eigenvalue weighted by Gasteiger charge is 2.19. The first kappa shape index (κ1) is 62.1. The molecule has 0 aromatic carbocycles. The fourth-order valence-corrected chi connectivity index (χ4v) is 7.76.